The van der Waals surface area contributed by atoms with Crippen LogP contribution >= 0.6 is 23.4 Å². The molecule has 1 aromatic heterocycles. The maximum absolute atomic E-state index is 12.5. The van der Waals surface area contributed by atoms with Crippen LogP contribution in [0.4, 0.5) is 0 Å². The molecule has 0 amide bonds. The average molecular weight is 422 g/mol. The molecule has 0 radical (unpaired) electrons. The zero-order valence-electron chi connectivity index (χ0n) is 16.5. The number of ether oxygens (including phenoxy) is 2. The standard InChI is InChI=1S/C21H24ClNO4S/c1-12(2)18-11-27-20-9-21(26-5-6-28-4)16(22)7-14(20)17-8-19(25)15(13(3)24)10-23(17)18/h7-10,12,18H,5-6,11H2,1-4H3. The van der Waals surface area contributed by atoms with Gasteiger partial charge in [-0.3, -0.25) is 9.59 Å². The van der Waals surface area contributed by atoms with Crippen molar-refractivity contribution in [3.05, 3.63) is 45.2 Å². The zero-order valence-corrected chi connectivity index (χ0v) is 18.0. The van der Waals surface area contributed by atoms with E-state index in [0.29, 0.717) is 35.4 Å². The summed E-state index contributed by atoms with van der Waals surface area (Å²) in [4.78, 5) is 24.4. The molecule has 1 aliphatic heterocycles. The normalized spacial score (nSPS) is 15.4. The highest BCUT2D eigenvalue weighted by molar-refractivity contribution is 7.98. The quantitative estimate of drug-likeness (QED) is 0.499. The van der Waals surface area contributed by atoms with Gasteiger partial charge in [-0.25, -0.2) is 0 Å². The molecule has 0 N–H and O–H groups in total. The minimum atomic E-state index is -0.300. The van der Waals surface area contributed by atoms with Gasteiger partial charge in [0.1, 0.15) is 18.1 Å². The van der Waals surface area contributed by atoms with Crippen molar-refractivity contribution in [2.75, 3.05) is 25.2 Å². The molecule has 2 heterocycles. The van der Waals surface area contributed by atoms with Crippen molar-refractivity contribution in [1.29, 1.82) is 0 Å². The number of rotatable bonds is 6. The van der Waals surface area contributed by atoms with Gasteiger partial charge in [-0.05, 0) is 25.2 Å². The van der Waals surface area contributed by atoms with Gasteiger partial charge in [0.2, 0.25) is 0 Å². The number of hydrogen-bond acceptors (Lipinski definition) is 5. The Morgan fingerprint density at radius 1 is 1.39 bits per heavy atom. The van der Waals surface area contributed by atoms with Gasteiger partial charge in [-0.1, -0.05) is 25.4 Å². The Kier molecular flexibility index (Phi) is 6.40. The molecule has 1 atom stereocenters. The van der Waals surface area contributed by atoms with Gasteiger partial charge in [0.15, 0.2) is 11.2 Å². The molecule has 1 aromatic carbocycles. The summed E-state index contributed by atoms with van der Waals surface area (Å²) in [5, 5.41) is 0.459. The van der Waals surface area contributed by atoms with Crippen LogP contribution in [-0.2, 0) is 0 Å². The van der Waals surface area contributed by atoms with E-state index in [-0.39, 0.29) is 28.7 Å². The van der Waals surface area contributed by atoms with Crippen LogP contribution in [0.15, 0.2) is 29.2 Å². The van der Waals surface area contributed by atoms with Gasteiger partial charge in [-0.2, -0.15) is 11.8 Å². The lowest BCUT2D eigenvalue weighted by molar-refractivity contribution is 0.101. The molecule has 28 heavy (non-hydrogen) atoms. The fraction of sp³-hybridized carbons (Fsp3) is 0.429. The number of halogens is 1. The van der Waals surface area contributed by atoms with E-state index >= 15 is 0 Å². The highest BCUT2D eigenvalue weighted by Gasteiger charge is 2.27. The van der Waals surface area contributed by atoms with Gasteiger partial charge in [0, 0.05) is 29.6 Å². The lowest BCUT2D eigenvalue weighted by Gasteiger charge is -2.24. The number of ketones is 1. The Balaban J connectivity index is 2.16. The number of nitrogens with zero attached hydrogens (tertiary/aromatic N) is 1. The molecule has 1 aliphatic rings. The van der Waals surface area contributed by atoms with Gasteiger partial charge in [-0.15, -0.1) is 0 Å². The molecule has 3 rings (SSSR count). The average Bonchev–Trinajstić information content (AvgIpc) is 2.78. The van der Waals surface area contributed by atoms with Crippen LogP contribution in [0.1, 0.15) is 37.2 Å². The smallest absolute Gasteiger partial charge is 0.192 e. The Morgan fingerprint density at radius 3 is 2.79 bits per heavy atom. The monoisotopic (exact) mass is 421 g/mol. The van der Waals surface area contributed by atoms with E-state index in [2.05, 4.69) is 13.8 Å². The number of carbonyl (C=O) groups is 1. The van der Waals surface area contributed by atoms with Crippen LogP contribution < -0.4 is 14.9 Å². The lowest BCUT2D eigenvalue weighted by atomic mass is 10.0. The highest BCUT2D eigenvalue weighted by Crippen LogP contribution is 2.42. The molecule has 0 fully saturated rings. The topological polar surface area (TPSA) is 57.5 Å². The maximum atomic E-state index is 12.5. The van der Waals surface area contributed by atoms with Crippen molar-refractivity contribution in [3.8, 4) is 22.8 Å². The molecular weight excluding hydrogens is 398 g/mol. The number of fused-ring (bicyclic) bond motifs is 3. The second-order valence-electron chi connectivity index (χ2n) is 7.14. The van der Waals surface area contributed by atoms with E-state index in [0.717, 1.165) is 11.3 Å². The van der Waals surface area contributed by atoms with E-state index in [4.69, 9.17) is 21.1 Å². The largest absolute Gasteiger partial charge is 0.491 e. The second kappa shape index (κ2) is 8.62. The molecule has 1 unspecified atom stereocenters. The number of thioether (sulfide) groups is 1. The van der Waals surface area contributed by atoms with Crippen LogP contribution in [-0.4, -0.2) is 35.6 Å². The molecule has 0 saturated heterocycles. The van der Waals surface area contributed by atoms with Gasteiger partial charge >= 0.3 is 0 Å². The van der Waals surface area contributed by atoms with Gasteiger partial charge < -0.3 is 14.0 Å². The van der Waals surface area contributed by atoms with Crippen molar-refractivity contribution < 1.29 is 14.3 Å². The first kappa shape index (κ1) is 20.8. The first-order chi connectivity index (χ1) is 13.3. The first-order valence-electron chi connectivity index (χ1n) is 9.19. The van der Waals surface area contributed by atoms with Crippen molar-refractivity contribution in [1.82, 2.24) is 4.57 Å². The summed E-state index contributed by atoms with van der Waals surface area (Å²) < 4.78 is 13.8. The number of aromatic nitrogens is 1. The summed E-state index contributed by atoms with van der Waals surface area (Å²) in [7, 11) is 0. The predicted octanol–water partition coefficient (Wildman–Crippen LogP) is 4.70. The third kappa shape index (κ3) is 4.08. The van der Waals surface area contributed by atoms with Crippen molar-refractivity contribution in [2.24, 2.45) is 5.92 Å². The van der Waals surface area contributed by atoms with Crippen LogP contribution in [0.3, 0.4) is 0 Å². The molecule has 5 nitrogen and oxygen atoms in total. The predicted molar refractivity (Wildman–Crippen MR) is 114 cm³/mol. The lowest BCUT2D eigenvalue weighted by Crippen LogP contribution is -2.25. The summed E-state index contributed by atoms with van der Waals surface area (Å²) in [6, 6.07) is 5.03. The second-order valence-corrected chi connectivity index (χ2v) is 8.54. The minimum absolute atomic E-state index is 0.0271. The molecule has 2 aromatic rings. The molecule has 0 saturated carbocycles. The summed E-state index contributed by atoms with van der Waals surface area (Å²) in [5.41, 5.74) is 1.29. The third-order valence-electron chi connectivity index (χ3n) is 4.85. The number of hydrogen-bond donors (Lipinski definition) is 0. The number of benzene rings is 1. The van der Waals surface area contributed by atoms with E-state index in [1.807, 2.05) is 10.8 Å². The van der Waals surface area contributed by atoms with Crippen LogP contribution in [0.5, 0.6) is 11.5 Å². The third-order valence-corrected chi connectivity index (χ3v) is 5.72. The van der Waals surface area contributed by atoms with Crippen molar-refractivity contribution in [3.63, 3.8) is 0 Å². The minimum Gasteiger partial charge on any atom is -0.491 e. The van der Waals surface area contributed by atoms with Crippen molar-refractivity contribution >= 4 is 29.1 Å². The molecule has 0 spiro atoms. The highest BCUT2D eigenvalue weighted by atomic mass is 35.5. The van der Waals surface area contributed by atoms with Gasteiger partial charge in [0.25, 0.3) is 0 Å². The Hall–Kier alpha value is -1.92. The van der Waals surface area contributed by atoms with Crippen LogP contribution in [0, 0.1) is 5.92 Å². The molecule has 150 valence electrons. The van der Waals surface area contributed by atoms with E-state index in [9.17, 15) is 9.59 Å². The van der Waals surface area contributed by atoms with E-state index < -0.39 is 0 Å². The van der Waals surface area contributed by atoms with Gasteiger partial charge in [0.05, 0.1) is 28.9 Å². The Bertz CT molecular complexity index is 954. The molecule has 7 heteroatoms. The van der Waals surface area contributed by atoms with Crippen LogP contribution in [0.2, 0.25) is 5.02 Å². The number of pyridine rings is 1. The summed E-state index contributed by atoms with van der Waals surface area (Å²) in [6.45, 7) is 6.55. The first-order valence-corrected chi connectivity index (χ1v) is 11.0. The van der Waals surface area contributed by atoms with Crippen molar-refractivity contribution in [2.45, 2.75) is 26.8 Å². The summed E-state index contributed by atoms with van der Waals surface area (Å²) >= 11 is 8.14. The fourth-order valence-electron chi connectivity index (χ4n) is 3.27. The fourth-order valence-corrected chi connectivity index (χ4v) is 3.74. The number of Topliss-reactive ketones (excluding diaryl/α,β-unsaturated/α-hetero) is 1. The van der Waals surface area contributed by atoms with E-state index in [1.165, 1.54) is 13.0 Å². The van der Waals surface area contributed by atoms with E-state index in [1.54, 1.807) is 30.1 Å². The number of carbonyl (C=O) groups excluding carboxylic acids is 1. The Labute approximate surface area is 174 Å². The maximum Gasteiger partial charge on any atom is 0.192 e. The Morgan fingerprint density at radius 2 is 2.14 bits per heavy atom. The molecule has 0 aliphatic carbocycles. The van der Waals surface area contributed by atoms with Crippen LogP contribution in [0.25, 0.3) is 11.3 Å². The molecule has 0 bridgehead atoms. The summed E-state index contributed by atoms with van der Waals surface area (Å²) in [5.74, 6) is 2.03. The molecular formula is C21H24ClNO4S. The zero-order chi connectivity index (χ0) is 20.4. The SMILES string of the molecule is CSCCOc1cc2c(cc1Cl)-c1cc(=O)c(C(C)=O)cn1C(C(C)C)CO2. The summed E-state index contributed by atoms with van der Waals surface area (Å²) in [6.07, 6.45) is 3.67.